The van der Waals surface area contributed by atoms with Crippen molar-refractivity contribution in [2.24, 2.45) is 0 Å². The van der Waals surface area contributed by atoms with Crippen LogP contribution in [-0.4, -0.2) is 61.9 Å². The molecule has 1 heterocycles. The lowest BCUT2D eigenvalue weighted by atomic mass is 9.75. The molecule has 1 aromatic rings. The molecule has 0 spiro atoms. The van der Waals surface area contributed by atoms with Crippen molar-refractivity contribution < 1.29 is 18.3 Å². The molecule has 8 heteroatoms. The maximum absolute atomic E-state index is 12.5. The van der Waals surface area contributed by atoms with Gasteiger partial charge in [0, 0.05) is 24.5 Å². The van der Waals surface area contributed by atoms with Gasteiger partial charge in [-0.3, -0.25) is 0 Å². The highest BCUT2D eigenvalue weighted by atomic mass is 32.2. The standard InChI is InChI=1S/C13H20N2O4S2/c1-14(2)13(5-4-6-13)9-15(3)21(18,19)11-7-10(8-20-11)12(16)17/h7-8H,4-6,9H2,1-3H3,(H,16,17). The molecule has 6 nitrogen and oxygen atoms in total. The summed E-state index contributed by atoms with van der Waals surface area (Å²) in [6.45, 7) is 0.419. The van der Waals surface area contributed by atoms with Crippen molar-refractivity contribution in [3.8, 4) is 0 Å². The van der Waals surface area contributed by atoms with E-state index in [0.717, 1.165) is 30.6 Å². The quantitative estimate of drug-likeness (QED) is 0.855. The number of likely N-dealkylation sites (N-methyl/N-ethyl adjacent to an activating group) is 2. The van der Waals surface area contributed by atoms with E-state index in [1.165, 1.54) is 15.8 Å². The predicted molar refractivity (Wildman–Crippen MR) is 81.4 cm³/mol. The van der Waals surface area contributed by atoms with Gasteiger partial charge in [0.25, 0.3) is 10.0 Å². The number of aromatic carboxylic acids is 1. The van der Waals surface area contributed by atoms with E-state index in [-0.39, 0.29) is 15.3 Å². The molecular weight excluding hydrogens is 312 g/mol. The Hall–Kier alpha value is -0.960. The van der Waals surface area contributed by atoms with Crippen LogP contribution in [0.15, 0.2) is 15.7 Å². The van der Waals surface area contributed by atoms with Crippen LogP contribution in [0.1, 0.15) is 29.6 Å². The van der Waals surface area contributed by atoms with Crippen molar-refractivity contribution >= 4 is 27.3 Å². The first-order valence-electron chi connectivity index (χ1n) is 6.65. The van der Waals surface area contributed by atoms with Gasteiger partial charge in [0.1, 0.15) is 4.21 Å². The SMILES string of the molecule is CN(C)C1(CN(C)S(=O)(=O)c2cc(C(=O)O)cs2)CCC1. The minimum absolute atomic E-state index is 0.0120. The molecule has 1 aliphatic carbocycles. The second-order valence-electron chi connectivity index (χ2n) is 5.69. The molecule has 1 N–H and O–H groups in total. The maximum Gasteiger partial charge on any atom is 0.336 e. The van der Waals surface area contributed by atoms with Gasteiger partial charge < -0.3 is 10.0 Å². The number of carbonyl (C=O) groups is 1. The summed E-state index contributed by atoms with van der Waals surface area (Å²) in [5.41, 5.74) is -0.0905. The molecular formula is C13H20N2O4S2. The Morgan fingerprint density at radius 3 is 2.38 bits per heavy atom. The van der Waals surface area contributed by atoms with Gasteiger partial charge in [-0.1, -0.05) is 0 Å². The van der Waals surface area contributed by atoms with E-state index in [2.05, 4.69) is 4.90 Å². The zero-order valence-electron chi connectivity index (χ0n) is 12.4. The molecule has 1 aromatic heterocycles. The van der Waals surface area contributed by atoms with Gasteiger partial charge in [0.05, 0.1) is 5.56 Å². The number of carboxylic acid groups (broad SMARTS) is 1. The number of nitrogens with zero attached hydrogens (tertiary/aromatic N) is 2. The van der Waals surface area contributed by atoms with E-state index >= 15 is 0 Å². The van der Waals surface area contributed by atoms with E-state index < -0.39 is 16.0 Å². The molecule has 1 aliphatic rings. The highest BCUT2D eigenvalue weighted by molar-refractivity contribution is 7.91. The van der Waals surface area contributed by atoms with E-state index in [4.69, 9.17) is 5.11 Å². The summed E-state index contributed by atoms with van der Waals surface area (Å²) in [7, 11) is 1.85. The van der Waals surface area contributed by atoms with Crippen LogP contribution in [0, 0.1) is 0 Å². The highest BCUT2D eigenvalue weighted by Crippen LogP contribution is 2.37. The highest BCUT2D eigenvalue weighted by Gasteiger charge is 2.42. The Morgan fingerprint density at radius 1 is 1.38 bits per heavy atom. The van der Waals surface area contributed by atoms with Crippen molar-refractivity contribution in [2.75, 3.05) is 27.7 Å². The van der Waals surface area contributed by atoms with Gasteiger partial charge in [0.15, 0.2) is 0 Å². The molecule has 0 amide bonds. The lowest BCUT2D eigenvalue weighted by Gasteiger charge is -2.48. The van der Waals surface area contributed by atoms with Crippen molar-refractivity contribution in [3.05, 3.63) is 17.0 Å². The minimum Gasteiger partial charge on any atom is -0.478 e. The first-order valence-corrected chi connectivity index (χ1v) is 8.97. The van der Waals surface area contributed by atoms with Gasteiger partial charge in [-0.2, -0.15) is 4.31 Å². The van der Waals surface area contributed by atoms with Crippen LogP contribution >= 0.6 is 11.3 Å². The van der Waals surface area contributed by atoms with Crippen molar-refractivity contribution in [2.45, 2.75) is 29.0 Å². The molecule has 0 aromatic carbocycles. The third-order valence-electron chi connectivity index (χ3n) is 4.24. The summed E-state index contributed by atoms with van der Waals surface area (Å²) >= 11 is 0.949. The molecule has 0 radical (unpaired) electrons. The molecule has 1 fully saturated rings. The number of hydrogen-bond donors (Lipinski definition) is 1. The monoisotopic (exact) mass is 332 g/mol. The zero-order chi connectivity index (χ0) is 15.8. The van der Waals surface area contributed by atoms with E-state index in [1.807, 2.05) is 14.1 Å². The number of thiophene rings is 1. The van der Waals surface area contributed by atoms with Crippen LogP contribution in [0.4, 0.5) is 0 Å². The van der Waals surface area contributed by atoms with Crippen molar-refractivity contribution in [3.63, 3.8) is 0 Å². The van der Waals surface area contributed by atoms with Crippen molar-refractivity contribution in [1.29, 1.82) is 0 Å². The topological polar surface area (TPSA) is 77.9 Å². The van der Waals surface area contributed by atoms with Crippen LogP contribution < -0.4 is 0 Å². The number of sulfonamides is 1. The molecule has 0 unspecified atom stereocenters. The molecule has 0 bridgehead atoms. The first kappa shape index (κ1) is 16.4. The second kappa shape index (κ2) is 5.68. The molecule has 2 rings (SSSR count). The molecule has 21 heavy (non-hydrogen) atoms. The molecule has 0 aliphatic heterocycles. The number of hydrogen-bond acceptors (Lipinski definition) is 5. The smallest absolute Gasteiger partial charge is 0.336 e. The third kappa shape index (κ3) is 2.98. The molecule has 0 atom stereocenters. The summed E-state index contributed by atoms with van der Waals surface area (Å²) in [4.78, 5) is 13.0. The summed E-state index contributed by atoms with van der Waals surface area (Å²) in [5.74, 6) is -1.11. The fourth-order valence-electron chi connectivity index (χ4n) is 2.55. The summed E-state index contributed by atoms with van der Waals surface area (Å²) in [5, 5.41) is 10.3. The summed E-state index contributed by atoms with van der Waals surface area (Å²) in [6.07, 6.45) is 3.06. The molecule has 1 saturated carbocycles. The summed E-state index contributed by atoms with van der Waals surface area (Å²) < 4.78 is 26.5. The molecule has 118 valence electrons. The van der Waals surface area contributed by atoms with Gasteiger partial charge in [-0.05, 0) is 39.4 Å². The van der Waals surface area contributed by atoms with Gasteiger partial charge in [0.2, 0.25) is 0 Å². The van der Waals surface area contributed by atoms with Gasteiger partial charge >= 0.3 is 5.97 Å². The largest absolute Gasteiger partial charge is 0.478 e. The average Bonchev–Trinajstić information content (AvgIpc) is 2.82. The van der Waals surface area contributed by atoms with E-state index in [9.17, 15) is 13.2 Å². The van der Waals surface area contributed by atoms with Crippen LogP contribution in [-0.2, 0) is 10.0 Å². The maximum atomic E-state index is 12.5. The van der Waals surface area contributed by atoms with Crippen LogP contribution in [0.5, 0.6) is 0 Å². The van der Waals surface area contributed by atoms with Crippen molar-refractivity contribution in [1.82, 2.24) is 9.21 Å². The van der Waals surface area contributed by atoms with E-state index in [1.54, 1.807) is 7.05 Å². The fourth-order valence-corrected chi connectivity index (χ4v) is 5.16. The Kier molecular flexibility index (Phi) is 4.44. The first-order chi connectivity index (χ1) is 9.69. The lowest BCUT2D eigenvalue weighted by Crippen LogP contribution is -2.57. The Balaban J connectivity index is 2.20. The number of rotatable bonds is 6. The predicted octanol–water partition coefficient (Wildman–Crippen LogP) is 1.55. The Morgan fingerprint density at radius 2 is 2.00 bits per heavy atom. The van der Waals surface area contributed by atoms with Crippen LogP contribution in [0.2, 0.25) is 0 Å². The molecule has 0 saturated heterocycles. The number of carboxylic acids is 1. The minimum atomic E-state index is -3.63. The average molecular weight is 332 g/mol. The van der Waals surface area contributed by atoms with Gasteiger partial charge in [-0.25, -0.2) is 13.2 Å². The van der Waals surface area contributed by atoms with E-state index in [0.29, 0.717) is 6.54 Å². The fraction of sp³-hybridized carbons (Fsp3) is 0.615. The zero-order valence-corrected chi connectivity index (χ0v) is 14.0. The Labute approximate surface area is 129 Å². The lowest BCUT2D eigenvalue weighted by molar-refractivity contribution is 0.0455. The van der Waals surface area contributed by atoms with Gasteiger partial charge in [-0.15, -0.1) is 11.3 Å². The second-order valence-corrected chi connectivity index (χ2v) is 8.88. The summed E-state index contributed by atoms with van der Waals surface area (Å²) in [6, 6.07) is 1.22. The normalized spacial score (nSPS) is 18.0. The third-order valence-corrected chi connectivity index (χ3v) is 7.46. The van der Waals surface area contributed by atoms with Crippen LogP contribution in [0.25, 0.3) is 0 Å². The van der Waals surface area contributed by atoms with Crippen LogP contribution in [0.3, 0.4) is 0 Å². The Bertz CT molecular complexity index is 632.